The van der Waals surface area contributed by atoms with Crippen LogP contribution in [0.1, 0.15) is 19.3 Å². The Morgan fingerprint density at radius 1 is 1.24 bits per heavy atom. The van der Waals surface area contributed by atoms with Crippen molar-refractivity contribution in [3.05, 3.63) is 24.0 Å². The Kier molecular flexibility index (Phi) is 6.62. The van der Waals surface area contributed by atoms with E-state index in [4.69, 9.17) is 9.84 Å². The van der Waals surface area contributed by atoms with Crippen LogP contribution >= 0.6 is 0 Å². The molecule has 7 nitrogen and oxygen atoms in total. The summed E-state index contributed by atoms with van der Waals surface area (Å²) in [5, 5.41) is 9.01. The van der Waals surface area contributed by atoms with E-state index in [1.54, 1.807) is 0 Å². The first kappa shape index (κ1) is 21.8. The van der Waals surface area contributed by atoms with Gasteiger partial charge in [0.1, 0.15) is 6.17 Å². The molecule has 1 aliphatic heterocycles. The van der Waals surface area contributed by atoms with Gasteiger partial charge < -0.3 is 14.7 Å². The zero-order chi connectivity index (χ0) is 21.2. The molecule has 0 bridgehead atoms. The Bertz CT molecular complexity index is 843. The third kappa shape index (κ3) is 5.36. The van der Waals surface area contributed by atoms with E-state index in [-0.39, 0.29) is 29.2 Å². The van der Waals surface area contributed by atoms with E-state index in [0.29, 0.717) is 39.0 Å². The molecule has 3 atom stereocenters. The van der Waals surface area contributed by atoms with Crippen LogP contribution < -0.4 is 4.74 Å². The number of ether oxygens (including phenoxy) is 1. The molecule has 1 amide bonds. The van der Waals surface area contributed by atoms with Crippen LogP contribution in [0.2, 0.25) is 0 Å². The van der Waals surface area contributed by atoms with E-state index in [0.717, 1.165) is 18.7 Å². The van der Waals surface area contributed by atoms with Crippen molar-refractivity contribution in [3.8, 4) is 5.75 Å². The third-order valence-electron chi connectivity index (χ3n) is 5.71. The summed E-state index contributed by atoms with van der Waals surface area (Å²) in [7, 11) is -3.50. The van der Waals surface area contributed by atoms with Crippen LogP contribution in [0.5, 0.6) is 5.75 Å². The van der Waals surface area contributed by atoms with Crippen LogP contribution in [0.4, 0.5) is 13.6 Å². The SMILES string of the molecule is CS(=O)(=O)c1ccc(OC[C@H]2CC[C@@H](N3CCN(C(=O)O)CC3)C(F)C2)c(F)c1. The fourth-order valence-corrected chi connectivity index (χ4v) is 4.66. The lowest BCUT2D eigenvalue weighted by molar-refractivity contribution is 0.0166. The highest BCUT2D eigenvalue weighted by atomic mass is 32.2. The molecule has 29 heavy (non-hydrogen) atoms. The molecule has 1 N–H and O–H groups in total. The first-order valence-electron chi connectivity index (χ1n) is 9.63. The third-order valence-corrected chi connectivity index (χ3v) is 6.82. The average Bonchev–Trinajstić information content (AvgIpc) is 2.66. The van der Waals surface area contributed by atoms with Crippen molar-refractivity contribution in [2.24, 2.45) is 5.92 Å². The Balaban J connectivity index is 1.50. The number of rotatable bonds is 5. The van der Waals surface area contributed by atoms with Gasteiger partial charge in [0.25, 0.3) is 0 Å². The smallest absolute Gasteiger partial charge is 0.407 e. The second-order valence-corrected chi connectivity index (χ2v) is 9.76. The van der Waals surface area contributed by atoms with Crippen molar-refractivity contribution in [1.82, 2.24) is 9.80 Å². The van der Waals surface area contributed by atoms with E-state index >= 15 is 0 Å². The predicted octanol–water partition coefficient (Wildman–Crippen LogP) is 2.41. The number of sulfone groups is 1. The minimum Gasteiger partial charge on any atom is -0.490 e. The van der Waals surface area contributed by atoms with Gasteiger partial charge in [0.2, 0.25) is 0 Å². The van der Waals surface area contributed by atoms with Gasteiger partial charge in [-0.15, -0.1) is 0 Å². The van der Waals surface area contributed by atoms with E-state index in [9.17, 15) is 22.0 Å². The van der Waals surface area contributed by atoms with Crippen LogP contribution in [0.3, 0.4) is 0 Å². The van der Waals surface area contributed by atoms with Crippen molar-refractivity contribution in [2.45, 2.75) is 36.4 Å². The second kappa shape index (κ2) is 8.83. The first-order valence-corrected chi connectivity index (χ1v) is 11.5. The van der Waals surface area contributed by atoms with Gasteiger partial charge in [-0.1, -0.05) is 0 Å². The summed E-state index contributed by atoms with van der Waals surface area (Å²) in [5.74, 6) is -0.857. The number of nitrogens with zero attached hydrogens (tertiary/aromatic N) is 2. The molecule has 1 aliphatic carbocycles. The lowest BCUT2D eigenvalue weighted by Crippen LogP contribution is -2.55. The summed E-state index contributed by atoms with van der Waals surface area (Å²) in [4.78, 5) is 14.2. The molecule has 1 heterocycles. The average molecular weight is 432 g/mol. The maximum absolute atomic E-state index is 14.8. The fraction of sp³-hybridized carbons (Fsp3) is 0.632. The number of hydrogen-bond acceptors (Lipinski definition) is 5. The highest BCUT2D eigenvalue weighted by Crippen LogP contribution is 2.32. The second-order valence-electron chi connectivity index (χ2n) is 7.74. The number of carboxylic acid groups (broad SMARTS) is 1. The number of piperazine rings is 1. The molecule has 0 aromatic heterocycles. The van der Waals surface area contributed by atoms with E-state index in [1.807, 2.05) is 4.90 Å². The summed E-state index contributed by atoms with van der Waals surface area (Å²) in [6.45, 7) is 1.98. The summed E-state index contributed by atoms with van der Waals surface area (Å²) in [5.41, 5.74) is 0. The van der Waals surface area contributed by atoms with Crippen LogP contribution in [-0.4, -0.2) is 80.7 Å². The van der Waals surface area contributed by atoms with Gasteiger partial charge >= 0.3 is 6.09 Å². The molecule has 10 heteroatoms. The summed E-state index contributed by atoms with van der Waals surface area (Å²) < 4.78 is 57.3. The van der Waals surface area contributed by atoms with Gasteiger partial charge in [-0.25, -0.2) is 22.0 Å². The summed E-state index contributed by atoms with van der Waals surface area (Å²) >= 11 is 0. The van der Waals surface area contributed by atoms with E-state index in [2.05, 4.69) is 0 Å². The van der Waals surface area contributed by atoms with Crippen molar-refractivity contribution >= 4 is 15.9 Å². The molecular weight excluding hydrogens is 406 g/mol. The lowest BCUT2D eigenvalue weighted by atomic mass is 9.84. The molecule has 2 fully saturated rings. The van der Waals surface area contributed by atoms with Gasteiger partial charge in [0, 0.05) is 38.5 Å². The number of alkyl halides is 1. The Hall–Kier alpha value is -1.94. The molecule has 1 saturated heterocycles. The van der Waals surface area contributed by atoms with E-state index < -0.39 is 27.9 Å². The lowest BCUT2D eigenvalue weighted by Gasteiger charge is -2.42. The Morgan fingerprint density at radius 2 is 1.93 bits per heavy atom. The van der Waals surface area contributed by atoms with Crippen LogP contribution in [0, 0.1) is 11.7 Å². The number of hydrogen-bond donors (Lipinski definition) is 1. The molecule has 1 saturated carbocycles. The molecule has 1 aromatic carbocycles. The van der Waals surface area contributed by atoms with E-state index in [1.165, 1.54) is 17.0 Å². The largest absolute Gasteiger partial charge is 0.490 e. The Morgan fingerprint density at radius 3 is 2.48 bits per heavy atom. The van der Waals surface area contributed by atoms with Gasteiger partial charge in [-0.3, -0.25) is 4.90 Å². The molecule has 2 aliphatic rings. The molecule has 1 unspecified atom stereocenters. The number of benzene rings is 1. The van der Waals surface area contributed by atoms with Crippen molar-refractivity contribution in [3.63, 3.8) is 0 Å². The molecule has 0 radical (unpaired) electrons. The monoisotopic (exact) mass is 432 g/mol. The van der Waals surface area contributed by atoms with Gasteiger partial charge in [-0.2, -0.15) is 0 Å². The molecule has 1 aromatic rings. The highest BCUT2D eigenvalue weighted by Gasteiger charge is 2.36. The van der Waals surface area contributed by atoms with Crippen molar-refractivity contribution in [1.29, 1.82) is 0 Å². The fourth-order valence-electron chi connectivity index (χ4n) is 4.03. The minimum atomic E-state index is -3.50. The predicted molar refractivity (Wildman–Crippen MR) is 102 cm³/mol. The Labute approximate surface area is 169 Å². The normalized spacial score (nSPS) is 26.3. The van der Waals surface area contributed by atoms with Crippen LogP contribution in [0.25, 0.3) is 0 Å². The molecule has 162 valence electrons. The van der Waals surface area contributed by atoms with Crippen molar-refractivity contribution < 1.29 is 31.8 Å². The molecular formula is C19H26F2N2O5S. The number of amides is 1. The van der Waals surface area contributed by atoms with Gasteiger partial charge in [0.15, 0.2) is 21.4 Å². The van der Waals surface area contributed by atoms with Gasteiger partial charge in [-0.05, 0) is 43.4 Å². The molecule has 3 rings (SSSR count). The number of carbonyl (C=O) groups is 1. The standard InChI is InChI=1S/C19H26F2N2O5S/c1-29(26,27)14-3-5-18(16(21)11-14)28-12-13-2-4-17(15(20)10-13)22-6-8-23(9-7-22)19(24)25/h3,5,11,13,15,17H,2,4,6-10,12H2,1H3,(H,24,25)/t13-,15?,17+/m0/s1. The van der Waals surface area contributed by atoms with Gasteiger partial charge in [0.05, 0.1) is 11.5 Å². The van der Waals surface area contributed by atoms with Crippen LogP contribution in [-0.2, 0) is 9.84 Å². The zero-order valence-corrected chi connectivity index (χ0v) is 17.1. The zero-order valence-electron chi connectivity index (χ0n) is 16.3. The summed E-state index contributed by atoms with van der Waals surface area (Å²) in [6, 6.07) is 3.27. The first-order chi connectivity index (χ1) is 13.6. The topological polar surface area (TPSA) is 87.2 Å². The quantitative estimate of drug-likeness (QED) is 0.769. The maximum atomic E-state index is 14.8. The molecule has 0 spiro atoms. The van der Waals surface area contributed by atoms with Crippen LogP contribution in [0.15, 0.2) is 23.1 Å². The summed E-state index contributed by atoms with van der Waals surface area (Å²) in [6.07, 6.45) is 0.673. The maximum Gasteiger partial charge on any atom is 0.407 e. The minimum absolute atomic E-state index is 0.0419. The number of halogens is 2. The highest BCUT2D eigenvalue weighted by molar-refractivity contribution is 7.90. The van der Waals surface area contributed by atoms with Crippen molar-refractivity contribution in [2.75, 3.05) is 39.0 Å².